The average Bonchev–Trinajstić information content (AvgIpc) is 3.54. The van der Waals surface area contributed by atoms with E-state index in [9.17, 15) is 14.3 Å². The van der Waals surface area contributed by atoms with Crippen LogP contribution in [0.1, 0.15) is 29.3 Å². The molecule has 1 aromatic heterocycles. The highest BCUT2D eigenvalue weighted by Crippen LogP contribution is 2.34. The van der Waals surface area contributed by atoms with Gasteiger partial charge >= 0.3 is 0 Å². The molecule has 2 heterocycles. The molecule has 2 aromatic rings. The smallest absolute Gasteiger partial charge is 0.237 e. The normalized spacial score (nSPS) is 18.6. The molecule has 2 atom stereocenters. The van der Waals surface area contributed by atoms with E-state index in [1.807, 2.05) is 21.2 Å². The van der Waals surface area contributed by atoms with Gasteiger partial charge in [-0.25, -0.2) is 4.39 Å². The molecule has 176 valence electrons. The first kappa shape index (κ1) is 23.7. The van der Waals surface area contributed by atoms with Crippen LogP contribution in [0.5, 0.6) is 5.75 Å². The van der Waals surface area contributed by atoms with Crippen molar-refractivity contribution in [2.45, 2.75) is 37.5 Å². The number of ether oxygens (including phenoxy) is 2. The fraction of sp³-hybridized carbons (Fsp3) is 0.480. The molecule has 1 saturated carbocycles. The number of fused-ring (bicyclic) bond motifs is 1. The number of nitrogens with zero attached hydrogens (tertiary/aromatic N) is 2. The Hall–Kier alpha value is -2.44. The van der Waals surface area contributed by atoms with Crippen LogP contribution < -0.4 is 4.74 Å². The van der Waals surface area contributed by atoms with Crippen molar-refractivity contribution in [3.8, 4) is 18.1 Å². The highest BCUT2D eigenvalue weighted by molar-refractivity contribution is 7.10. The molecule has 0 radical (unpaired) electrons. The van der Waals surface area contributed by atoms with Crippen LogP contribution in [0.4, 0.5) is 4.39 Å². The molecule has 0 bridgehead atoms. The van der Waals surface area contributed by atoms with Crippen molar-refractivity contribution in [1.29, 1.82) is 0 Å². The fourth-order valence-electron chi connectivity index (χ4n) is 4.23. The van der Waals surface area contributed by atoms with Crippen LogP contribution >= 0.6 is 11.3 Å². The summed E-state index contributed by atoms with van der Waals surface area (Å²) in [5.74, 6) is 2.48. The number of amides is 1. The van der Waals surface area contributed by atoms with E-state index in [2.05, 4.69) is 5.92 Å². The van der Waals surface area contributed by atoms with Crippen LogP contribution in [-0.4, -0.2) is 72.4 Å². The van der Waals surface area contributed by atoms with E-state index in [0.29, 0.717) is 24.9 Å². The molecule has 1 fully saturated rings. The topological polar surface area (TPSA) is 62.2 Å². The van der Waals surface area contributed by atoms with Gasteiger partial charge in [0.15, 0.2) is 0 Å². The lowest BCUT2D eigenvalue weighted by atomic mass is 10.0. The molecule has 33 heavy (non-hydrogen) atoms. The second-order valence-corrected chi connectivity index (χ2v) is 9.45. The molecule has 2 unspecified atom stereocenters. The third-order valence-corrected chi connectivity index (χ3v) is 6.96. The highest BCUT2D eigenvalue weighted by atomic mass is 32.1. The predicted molar refractivity (Wildman–Crippen MR) is 125 cm³/mol. The number of thiophene rings is 1. The van der Waals surface area contributed by atoms with Crippen LogP contribution in [0, 0.1) is 18.2 Å². The summed E-state index contributed by atoms with van der Waals surface area (Å²) in [7, 11) is 0. The van der Waals surface area contributed by atoms with E-state index in [1.54, 1.807) is 23.5 Å². The Labute approximate surface area is 197 Å². The van der Waals surface area contributed by atoms with Gasteiger partial charge < -0.3 is 19.5 Å². The summed E-state index contributed by atoms with van der Waals surface area (Å²) < 4.78 is 24.7. The molecule has 1 aliphatic carbocycles. The lowest BCUT2D eigenvalue weighted by molar-refractivity contribution is -0.136. The predicted octanol–water partition coefficient (Wildman–Crippen LogP) is 2.87. The molecule has 0 spiro atoms. The van der Waals surface area contributed by atoms with Crippen LogP contribution in [0.2, 0.25) is 0 Å². The number of aliphatic hydroxyl groups excluding tert-OH is 1. The van der Waals surface area contributed by atoms with Gasteiger partial charge in [0.1, 0.15) is 24.8 Å². The second-order valence-electron chi connectivity index (χ2n) is 8.45. The molecule has 1 aromatic carbocycles. The van der Waals surface area contributed by atoms with Gasteiger partial charge in [-0.15, -0.1) is 17.8 Å². The van der Waals surface area contributed by atoms with E-state index in [4.69, 9.17) is 15.9 Å². The van der Waals surface area contributed by atoms with Crippen molar-refractivity contribution in [2.75, 3.05) is 39.5 Å². The fourth-order valence-corrected chi connectivity index (χ4v) is 5.16. The number of benzene rings is 1. The van der Waals surface area contributed by atoms with E-state index in [0.717, 1.165) is 24.8 Å². The first-order valence-electron chi connectivity index (χ1n) is 11.2. The molecule has 1 N–H and O–H groups in total. The maximum atomic E-state index is 13.6. The summed E-state index contributed by atoms with van der Waals surface area (Å²) in [6.07, 6.45) is 7.33. The first-order valence-corrected chi connectivity index (χ1v) is 12.1. The Balaban J connectivity index is 1.42. The van der Waals surface area contributed by atoms with Crippen LogP contribution in [0.15, 0.2) is 35.7 Å². The van der Waals surface area contributed by atoms with Crippen molar-refractivity contribution >= 4 is 17.2 Å². The molecule has 1 amide bonds. The first-order chi connectivity index (χ1) is 16.0. The molecule has 1 aliphatic heterocycles. The Kier molecular flexibility index (Phi) is 7.99. The standard InChI is InChI=1S/C25H29FN2O4S/c1-2-11-31-16-20(29)14-27(19-6-7-19)15-25(30)28-10-8-24-22(9-12-33-24)23(28)17-32-21-5-3-4-18(26)13-21/h1,3-5,9,12-13,19-20,23,29H,6-8,10-11,14-17H2. The third kappa shape index (κ3) is 6.33. The van der Waals surface area contributed by atoms with Gasteiger partial charge in [-0.05, 0) is 48.4 Å². The van der Waals surface area contributed by atoms with Gasteiger partial charge in [0.25, 0.3) is 0 Å². The molecule has 6 nitrogen and oxygen atoms in total. The third-order valence-electron chi connectivity index (χ3n) is 5.96. The minimum Gasteiger partial charge on any atom is -0.491 e. The summed E-state index contributed by atoms with van der Waals surface area (Å²) in [6.45, 7) is 1.76. The number of terminal acetylenes is 1. The van der Waals surface area contributed by atoms with Crippen LogP contribution in [0.25, 0.3) is 0 Å². The Morgan fingerprint density at radius 1 is 1.39 bits per heavy atom. The van der Waals surface area contributed by atoms with Gasteiger partial charge in [-0.2, -0.15) is 0 Å². The summed E-state index contributed by atoms with van der Waals surface area (Å²) >= 11 is 1.69. The zero-order valence-corrected chi connectivity index (χ0v) is 19.3. The maximum Gasteiger partial charge on any atom is 0.237 e. The van der Waals surface area contributed by atoms with E-state index in [-0.39, 0.29) is 44.1 Å². The minimum atomic E-state index is -0.705. The van der Waals surface area contributed by atoms with E-state index < -0.39 is 6.10 Å². The Morgan fingerprint density at radius 3 is 3.00 bits per heavy atom. The van der Waals surface area contributed by atoms with Crippen molar-refractivity contribution < 1.29 is 23.8 Å². The Bertz CT molecular complexity index is 987. The van der Waals surface area contributed by atoms with Crippen molar-refractivity contribution in [2.24, 2.45) is 0 Å². The maximum absolute atomic E-state index is 13.6. The van der Waals surface area contributed by atoms with Gasteiger partial charge in [0.2, 0.25) is 5.91 Å². The SMILES string of the molecule is C#CCOCC(O)CN(CC(=O)N1CCc2sccc2C1COc1cccc(F)c1)C1CC1. The van der Waals surface area contributed by atoms with Crippen molar-refractivity contribution in [3.63, 3.8) is 0 Å². The van der Waals surface area contributed by atoms with Crippen molar-refractivity contribution in [1.82, 2.24) is 9.80 Å². The Morgan fingerprint density at radius 2 is 2.24 bits per heavy atom. The zero-order valence-electron chi connectivity index (χ0n) is 18.5. The largest absolute Gasteiger partial charge is 0.491 e. The van der Waals surface area contributed by atoms with Gasteiger partial charge in [-0.3, -0.25) is 9.69 Å². The number of halogens is 1. The van der Waals surface area contributed by atoms with Gasteiger partial charge in [-0.1, -0.05) is 12.0 Å². The molecular formula is C25H29FN2O4S. The number of aliphatic hydroxyl groups is 1. The lowest BCUT2D eigenvalue weighted by Crippen LogP contribution is -2.48. The minimum absolute atomic E-state index is 0.00309. The van der Waals surface area contributed by atoms with Crippen LogP contribution in [0.3, 0.4) is 0 Å². The number of hydrogen-bond acceptors (Lipinski definition) is 6. The summed E-state index contributed by atoms with van der Waals surface area (Å²) in [6, 6.07) is 8.16. The summed E-state index contributed by atoms with van der Waals surface area (Å²) in [5, 5.41) is 12.4. The average molecular weight is 473 g/mol. The number of rotatable bonds is 11. The van der Waals surface area contributed by atoms with Gasteiger partial charge in [0.05, 0.1) is 25.3 Å². The number of carbonyl (C=O) groups is 1. The second kappa shape index (κ2) is 11.1. The molecular weight excluding hydrogens is 443 g/mol. The van der Waals surface area contributed by atoms with E-state index in [1.165, 1.54) is 17.0 Å². The van der Waals surface area contributed by atoms with Crippen molar-refractivity contribution in [3.05, 3.63) is 52.0 Å². The highest BCUT2D eigenvalue weighted by Gasteiger charge is 2.36. The number of carbonyl (C=O) groups excluding carboxylic acids is 1. The van der Waals surface area contributed by atoms with Gasteiger partial charge in [0, 0.05) is 30.1 Å². The van der Waals surface area contributed by atoms with E-state index >= 15 is 0 Å². The monoisotopic (exact) mass is 472 g/mol. The molecule has 8 heteroatoms. The lowest BCUT2D eigenvalue weighted by Gasteiger charge is -2.37. The molecule has 4 rings (SSSR count). The molecule has 2 aliphatic rings. The zero-order chi connectivity index (χ0) is 23.2. The quantitative estimate of drug-likeness (QED) is 0.403. The summed E-state index contributed by atoms with van der Waals surface area (Å²) in [5.41, 5.74) is 1.09. The number of hydrogen-bond donors (Lipinski definition) is 1. The van der Waals surface area contributed by atoms with Crippen LogP contribution in [-0.2, 0) is 16.0 Å². The summed E-state index contributed by atoms with van der Waals surface area (Å²) in [4.78, 5) is 18.6. The molecule has 0 saturated heterocycles.